The first-order valence-corrected chi connectivity index (χ1v) is 9.78. The molecule has 1 aliphatic heterocycles. The Bertz CT molecular complexity index is 672. The van der Waals surface area contributed by atoms with Gasteiger partial charge in [-0.1, -0.05) is 58.4 Å². The van der Waals surface area contributed by atoms with Crippen molar-refractivity contribution in [3.8, 4) is 0 Å². The molecule has 0 aliphatic carbocycles. The first-order valence-electron chi connectivity index (χ1n) is 8.99. The van der Waals surface area contributed by atoms with Crippen molar-refractivity contribution in [3.63, 3.8) is 0 Å². The van der Waals surface area contributed by atoms with Crippen molar-refractivity contribution in [2.75, 3.05) is 19.6 Å². The summed E-state index contributed by atoms with van der Waals surface area (Å²) in [5.74, 6) is 0.316. The largest absolute Gasteiger partial charge is 0.355 e. The number of likely N-dealkylation sites (tertiary alicyclic amines) is 1. The maximum absolute atomic E-state index is 12.5. The van der Waals surface area contributed by atoms with Crippen molar-refractivity contribution < 1.29 is 4.79 Å². The van der Waals surface area contributed by atoms with Gasteiger partial charge in [0, 0.05) is 24.1 Å². The Balaban J connectivity index is 1.45. The van der Waals surface area contributed by atoms with Gasteiger partial charge in [0.25, 0.3) is 0 Å². The monoisotopic (exact) mass is 400 g/mol. The summed E-state index contributed by atoms with van der Waals surface area (Å²) in [6, 6.07) is 18.8. The summed E-state index contributed by atoms with van der Waals surface area (Å²) in [5.41, 5.74) is 2.57. The summed E-state index contributed by atoms with van der Waals surface area (Å²) >= 11 is 3.47. The number of piperidine rings is 1. The number of nitrogens with one attached hydrogen (secondary N) is 1. The van der Waals surface area contributed by atoms with Crippen LogP contribution in [0, 0.1) is 5.92 Å². The van der Waals surface area contributed by atoms with Crippen LogP contribution < -0.4 is 5.32 Å². The van der Waals surface area contributed by atoms with E-state index in [1.807, 2.05) is 18.2 Å². The van der Waals surface area contributed by atoms with Crippen LogP contribution in [0.15, 0.2) is 59.1 Å². The molecule has 1 saturated heterocycles. The van der Waals surface area contributed by atoms with Crippen molar-refractivity contribution in [3.05, 3.63) is 70.2 Å². The molecule has 3 nitrogen and oxygen atoms in total. The Morgan fingerprint density at radius 1 is 1.08 bits per heavy atom. The fourth-order valence-corrected chi connectivity index (χ4v) is 3.64. The highest BCUT2D eigenvalue weighted by atomic mass is 79.9. The molecule has 1 amide bonds. The average molecular weight is 401 g/mol. The molecule has 1 unspecified atom stereocenters. The zero-order valence-corrected chi connectivity index (χ0v) is 16.0. The van der Waals surface area contributed by atoms with E-state index < -0.39 is 0 Å². The Morgan fingerprint density at radius 3 is 2.60 bits per heavy atom. The molecule has 0 bridgehead atoms. The van der Waals surface area contributed by atoms with Crippen LogP contribution in [0.1, 0.15) is 24.0 Å². The van der Waals surface area contributed by atoms with Gasteiger partial charge < -0.3 is 5.32 Å². The standard InChI is InChI=1S/C21H25BrN2O/c22-20-10-8-18(9-11-20)15-24-14-4-7-19(16-24)21(25)23-13-12-17-5-2-1-3-6-17/h1-3,5-6,8-11,19H,4,7,12-16H2,(H,23,25). The van der Waals surface area contributed by atoms with Gasteiger partial charge in [-0.05, 0) is 49.1 Å². The molecule has 2 aromatic rings. The number of hydrogen-bond donors (Lipinski definition) is 1. The van der Waals surface area contributed by atoms with Gasteiger partial charge in [-0.25, -0.2) is 0 Å². The normalized spacial score (nSPS) is 18.0. The predicted molar refractivity (Wildman–Crippen MR) is 105 cm³/mol. The van der Waals surface area contributed by atoms with Gasteiger partial charge in [0.1, 0.15) is 0 Å². The van der Waals surface area contributed by atoms with Crippen LogP contribution in [0.2, 0.25) is 0 Å². The molecule has 4 heteroatoms. The minimum absolute atomic E-state index is 0.111. The van der Waals surface area contributed by atoms with Crippen molar-refractivity contribution in [1.29, 1.82) is 0 Å². The summed E-state index contributed by atoms with van der Waals surface area (Å²) < 4.78 is 1.10. The smallest absolute Gasteiger partial charge is 0.224 e. The van der Waals surface area contributed by atoms with Gasteiger partial charge in [-0.2, -0.15) is 0 Å². The van der Waals surface area contributed by atoms with Gasteiger partial charge in [0.05, 0.1) is 5.92 Å². The van der Waals surface area contributed by atoms with E-state index in [9.17, 15) is 4.79 Å². The Morgan fingerprint density at radius 2 is 1.84 bits per heavy atom. The summed E-state index contributed by atoms with van der Waals surface area (Å²) in [4.78, 5) is 14.9. The maximum atomic E-state index is 12.5. The lowest BCUT2D eigenvalue weighted by atomic mass is 9.96. The third-order valence-corrected chi connectivity index (χ3v) is 5.28. The van der Waals surface area contributed by atoms with E-state index in [1.165, 1.54) is 11.1 Å². The van der Waals surface area contributed by atoms with E-state index in [0.717, 1.165) is 43.4 Å². The number of carbonyl (C=O) groups is 1. The van der Waals surface area contributed by atoms with Crippen molar-refractivity contribution in [2.45, 2.75) is 25.8 Å². The Labute approximate surface area is 158 Å². The minimum atomic E-state index is 0.111. The number of benzene rings is 2. The van der Waals surface area contributed by atoms with E-state index in [-0.39, 0.29) is 11.8 Å². The van der Waals surface area contributed by atoms with Crippen LogP contribution in [0.5, 0.6) is 0 Å². The van der Waals surface area contributed by atoms with Crippen molar-refractivity contribution in [2.24, 2.45) is 5.92 Å². The molecule has 0 saturated carbocycles. The number of nitrogens with zero attached hydrogens (tertiary/aromatic N) is 1. The minimum Gasteiger partial charge on any atom is -0.355 e. The van der Waals surface area contributed by atoms with Gasteiger partial charge >= 0.3 is 0 Å². The summed E-state index contributed by atoms with van der Waals surface area (Å²) in [6.07, 6.45) is 2.98. The molecule has 1 N–H and O–H groups in total. The number of hydrogen-bond acceptors (Lipinski definition) is 2. The highest BCUT2D eigenvalue weighted by Gasteiger charge is 2.25. The second kappa shape index (κ2) is 9.16. The van der Waals surface area contributed by atoms with E-state index in [2.05, 4.69) is 62.5 Å². The second-order valence-electron chi connectivity index (χ2n) is 6.73. The molecule has 132 valence electrons. The van der Waals surface area contributed by atoms with Crippen LogP contribution in [-0.4, -0.2) is 30.4 Å². The lowest BCUT2D eigenvalue weighted by Gasteiger charge is -2.32. The number of rotatable bonds is 6. The van der Waals surface area contributed by atoms with E-state index in [0.29, 0.717) is 6.54 Å². The van der Waals surface area contributed by atoms with Gasteiger partial charge in [0.15, 0.2) is 0 Å². The van der Waals surface area contributed by atoms with Crippen LogP contribution >= 0.6 is 15.9 Å². The molecular weight excluding hydrogens is 376 g/mol. The first kappa shape index (κ1) is 18.2. The molecule has 1 fully saturated rings. The van der Waals surface area contributed by atoms with Crippen LogP contribution in [-0.2, 0) is 17.8 Å². The van der Waals surface area contributed by atoms with Crippen molar-refractivity contribution >= 4 is 21.8 Å². The number of amides is 1. The molecule has 2 aromatic carbocycles. The predicted octanol–water partition coefficient (Wildman–Crippen LogP) is 4.02. The third-order valence-electron chi connectivity index (χ3n) is 4.75. The quantitative estimate of drug-likeness (QED) is 0.793. The zero-order chi connectivity index (χ0) is 17.5. The molecule has 0 aromatic heterocycles. The van der Waals surface area contributed by atoms with Crippen LogP contribution in [0.4, 0.5) is 0 Å². The number of carbonyl (C=O) groups excluding carboxylic acids is 1. The molecule has 0 spiro atoms. The lowest BCUT2D eigenvalue weighted by molar-refractivity contribution is -0.126. The molecular formula is C21H25BrN2O. The fraction of sp³-hybridized carbons (Fsp3) is 0.381. The highest BCUT2D eigenvalue weighted by molar-refractivity contribution is 9.10. The van der Waals surface area contributed by atoms with E-state index in [1.54, 1.807) is 0 Å². The third kappa shape index (κ3) is 5.68. The average Bonchev–Trinajstić information content (AvgIpc) is 2.65. The van der Waals surface area contributed by atoms with E-state index in [4.69, 9.17) is 0 Å². The van der Waals surface area contributed by atoms with Gasteiger partial charge in [-0.15, -0.1) is 0 Å². The SMILES string of the molecule is O=C(NCCc1ccccc1)C1CCCN(Cc2ccc(Br)cc2)C1. The molecule has 25 heavy (non-hydrogen) atoms. The molecule has 3 rings (SSSR count). The summed E-state index contributed by atoms with van der Waals surface area (Å²) in [7, 11) is 0. The van der Waals surface area contributed by atoms with Gasteiger partial charge in [0.2, 0.25) is 5.91 Å². The summed E-state index contributed by atoms with van der Waals surface area (Å²) in [5, 5.41) is 3.12. The maximum Gasteiger partial charge on any atom is 0.224 e. The zero-order valence-electron chi connectivity index (χ0n) is 14.5. The van der Waals surface area contributed by atoms with Crippen LogP contribution in [0.3, 0.4) is 0 Å². The Hall–Kier alpha value is -1.65. The number of halogens is 1. The molecule has 1 heterocycles. The molecule has 1 atom stereocenters. The van der Waals surface area contributed by atoms with Crippen LogP contribution in [0.25, 0.3) is 0 Å². The summed E-state index contributed by atoms with van der Waals surface area (Å²) in [6.45, 7) is 3.56. The Kier molecular flexibility index (Phi) is 6.65. The second-order valence-corrected chi connectivity index (χ2v) is 7.64. The van der Waals surface area contributed by atoms with E-state index >= 15 is 0 Å². The van der Waals surface area contributed by atoms with Gasteiger partial charge in [-0.3, -0.25) is 9.69 Å². The molecule has 1 aliphatic rings. The highest BCUT2D eigenvalue weighted by Crippen LogP contribution is 2.19. The fourth-order valence-electron chi connectivity index (χ4n) is 3.38. The van der Waals surface area contributed by atoms with Crippen molar-refractivity contribution in [1.82, 2.24) is 10.2 Å². The lowest BCUT2D eigenvalue weighted by Crippen LogP contribution is -2.43. The first-order chi connectivity index (χ1) is 12.2. The molecule has 0 radical (unpaired) electrons. The topological polar surface area (TPSA) is 32.3 Å².